The molecule has 1 atom stereocenters. The van der Waals surface area contributed by atoms with Crippen LogP contribution in [0, 0.1) is 11.8 Å². The van der Waals surface area contributed by atoms with Crippen LogP contribution in [0.25, 0.3) is 0 Å². The lowest BCUT2D eigenvalue weighted by Crippen LogP contribution is -2.37. The van der Waals surface area contributed by atoms with Gasteiger partial charge in [-0.25, -0.2) is 9.97 Å². The summed E-state index contributed by atoms with van der Waals surface area (Å²) in [6.45, 7) is 8.39. The maximum atomic E-state index is 12.4. The zero-order valence-corrected chi connectivity index (χ0v) is 17.4. The van der Waals surface area contributed by atoms with Gasteiger partial charge in [0.05, 0.1) is 12.6 Å². The third-order valence-electron chi connectivity index (χ3n) is 3.86. The second kappa shape index (κ2) is 12.2. The summed E-state index contributed by atoms with van der Waals surface area (Å²) in [5.74, 6) is 5.04. The van der Waals surface area contributed by atoms with E-state index in [2.05, 4.69) is 32.1 Å². The largest absolute Gasteiger partial charge is 0.466 e. The van der Waals surface area contributed by atoms with Crippen LogP contribution >= 0.6 is 0 Å². The maximum absolute atomic E-state index is 12.4. The van der Waals surface area contributed by atoms with Gasteiger partial charge in [-0.15, -0.1) is 0 Å². The molecule has 0 radical (unpaired) electrons. The van der Waals surface area contributed by atoms with E-state index in [4.69, 9.17) is 4.74 Å². The highest BCUT2D eigenvalue weighted by molar-refractivity contribution is 5.98. The van der Waals surface area contributed by atoms with Gasteiger partial charge in [-0.05, 0) is 40.0 Å². The lowest BCUT2D eigenvalue weighted by Gasteiger charge is -2.13. The molecule has 8 heteroatoms. The minimum absolute atomic E-state index is 0.0563. The maximum Gasteiger partial charge on any atom is 0.302 e. The fourth-order valence-electron chi connectivity index (χ4n) is 1.86. The summed E-state index contributed by atoms with van der Waals surface area (Å²) < 4.78 is 4.83. The molecule has 1 rings (SSSR count). The van der Waals surface area contributed by atoms with E-state index in [0.29, 0.717) is 36.4 Å². The molecule has 0 spiro atoms. The van der Waals surface area contributed by atoms with Crippen molar-refractivity contribution in [2.75, 3.05) is 6.61 Å². The van der Waals surface area contributed by atoms with Crippen molar-refractivity contribution in [1.82, 2.24) is 15.3 Å². The van der Waals surface area contributed by atoms with E-state index >= 15 is 0 Å². The van der Waals surface area contributed by atoms with Gasteiger partial charge in [0.2, 0.25) is 0 Å². The molecule has 1 amide bonds. The highest BCUT2D eigenvalue weighted by atomic mass is 16.5. The first-order valence-electron chi connectivity index (χ1n) is 9.17. The van der Waals surface area contributed by atoms with Crippen LogP contribution in [-0.2, 0) is 14.3 Å². The summed E-state index contributed by atoms with van der Waals surface area (Å²) in [5, 5.41) is 2.80. The molecule has 1 aromatic heterocycles. The molecule has 0 saturated heterocycles. The Bertz CT molecular complexity index is 878. The van der Waals surface area contributed by atoms with Gasteiger partial charge in [-0.1, -0.05) is 5.92 Å². The van der Waals surface area contributed by atoms with Crippen molar-refractivity contribution >= 4 is 23.4 Å². The van der Waals surface area contributed by atoms with Gasteiger partial charge in [-0.3, -0.25) is 19.4 Å². The van der Waals surface area contributed by atoms with Crippen LogP contribution in [0.1, 0.15) is 63.6 Å². The monoisotopic (exact) mass is 398 g/mol. The van der Waals surface area contributed by atoms with Gasteiger partial charge in [0.25, 0.3) is 5.91 Å². The molecule has 0 bridgehead atoms. The zero-order chi connectivity index (χ0) is 21.8. The molecular formula is C21H26N4O4. The second-order valence-electron chi connectivity index (χ2n) is 6.37. The number of nitrogens with zero attached hydrogens (tertiary/aromatic N) is 3. The first-order chi connectivity index (χ1) is 13.7. The average molecular weight is 398 g/mol. The van der Waals surface area contributed by atoms with Gasteiger partial charge in [0.1, 0.15) is 17.7 Å². The fraction of sp³-hybridized carbons (Fsp3) is 0.429. The van der Waals surface area contributed by atoms with E-state index in [0.717, 1.165) is 0 Å². The normalized spacial score (nSPS) is 12.4. The van der Waals surface area contributed by atoms with E-state index in [-0.39, 0.29) is 29.4 Å². The topological polar surface area (TPSA) is 111 Å². The molecule has 0 aromatic carbocycles. The number of amides is 1. The third-order valence-corrected chi connectivity index (χ3v) is 3.86. The fourth-order valence-corrected chi connectivity index (χ4v) is 1.86. The van der Waals surface area contributed by atoms with Crippen LogP contribution in [0.5, 0.6) is 0 Å². The van der Waals surface area contributed by atoms with Gasteiger partial charge < -0.3 is 10.1 Å². The molecule has 154 valence electrons. The Balaban J connectivity index is 2.68. The number of hydrogen-bond acceptors (Lipinski definition) is 7. The molecular weight excluding hydrogens is 372 g/mol. The number of ketones is 1. The second-order valence-corrected chi connectivity index (χ2v) is 6.37. The third kappa shape index (κ3) is 9.42. The summed E-state index contributed by atoms with van der Waals surface area (Å²) in [4.78, 5) is 46.5. The Morgan fingerprint density at radius 3 is 2.62 bits per heavy atom. The quantitative estimate of drug-likeness (QED) is 0.236. The van der Waals surface area contributed by atoms with Crippen molar-refractivity contribution in [3.63, 3.8) is 0 Å². The van der Waals surface area contributed by atoms with Crippen LogP contribution in [-0.4, -0.2) is 46.0 Å². The molecule has 1 N–H and O–H groups in total. The van der Waals surface area contributed by atoms with E-state index in [1.54, 1.807) is 20.8 Å². The minimum Gasteiger partial charge on any atom is -0.466 e. The van der Waals surface area contributed by atoms with Crippen LogP contribution in [0.15, 0.2) is 29.2 Å². The van der Waals surface area contributed by atoms with E-state index < -0.39 is 0 Å². The van der Waals surface area contributed by atoms with E-state index in [1.165, 1.54) is 32.4 Å². The van der Waals surface area contributed by atoms with Crippen LogP contribution in [0.4, 0.5) is 0 Å². The Labute approximate surface area is 170 Å². The van der Waals surface area contributed by atoms with Crippen LogP contribution in [0.2, 0.25) is 0 Å². The summed E-state index contributed by atoms with van der Waals surface area (Å²) in [6.07, 6.45) is 3.93. The number of hydrogen-bond donors (Lipinski definition) is 1. The lowest BCUT2D eigenvalue weighted by molar-refractivity contribution is -0.141. The molecule has 1 heterocycles. The van der Waals surface area contributed by atoms with E-state index in [1.807, 2.05) is 0 Å². The Morgan fingerprint density at radius 2 is 1.97 bits per heavy atom. The summed E-state index contributed by atoms with van der Waals surface area (Å²) in [6, 6.07) is 1.16. The number of esters is 1. The number of aliphatic imine (C=N–C) groups is 1. The summed E-state index contributed by atoms with van der Waals surface area (Å²) in [5.41, 5.74) is 1.81. The highest BCUT2D eigenvalue weighted by Gasteiger charge is 2.13. The van der Waals surface area contributed by atoms with Crippen molar-refractivity contribution in [1.29, 1.82) is 0 Å². The van der Waals surface area contributed by atoms with Crippen molar-refractivity contribution < 1.29 is 19.1 Å². The molecule has 0 aliphatic heterocycles. The number of carbonyl (C=O) groups excluding carboxylic acids is 3. The predicted octanol–water partition coefficient (Wildman–Crippen LogP) is 2.24. The molecule has 1 unspecified atom stereocenters. The lowest BCUT2D eigenvalue weighted by atomic mass is 10.2. The number of aromatic nitrogens is 2. The van der Waals surface area contributed by atoms with Crippen molar-refractivity contribution in [2.24, 2.45) is 4.99 Å². The van der Waals surface area contributed by atoms with Gasteiger partial charge in [0, 0.05) is 36.9 Å². The number of ether oxygens (including phenoxy) is 1. The minimum atomic E-state index is -0.375. The number of Topliss-reactive ketones (excluding diaryl/α,β-unsaturated/α-hetero) is 1. The van der Waals surface area contributed by atoms with Gasteiger partial charge >= 0.3 is 5.97 Å². The Hall–Kier alpha value is -3.34. The summed E-state index contributed by atoms with van der Waals surface area (Å²) in [7, 11) is 0. The average Bonchev–Trinajstić information content (AvgIpc) is 2.68. The number of unbranched alkanes of at least 4 members (excludes halogenated alkanes) is 1. The Morgan fingerprint density at radius 1 is 1.24 bits per heavy atom. The smallest absolute Gasteiger partial charge is 0.302 e. The molecule has 0 aliphatic carbocycles. The van der Waals surface area contributed by atoms with E-state index in [9.17, 15) is 14.4 Å². The highest BCUT2D eigenvalue weighted by Crippen LogP contribution is 2.01. The van der Waals surface area contributed by atoms with Crippen LogP contribution in [0.3, 0.4) is 0 Å². The number of nitrogens with one attached hydrogen (secondary N) is 1. The molecule has 0 aliphatic rings. The van der Waals surface area contributed by atoms with Crippen molar-refractivity contribution in [3.8, 4) is 11.8 Å². The molecule has 29 heavy (non-hydrogen) atoms. The number of rotatable bonds is 8. The molecule has 0 saturated carbocycles. The molecule has 1 aromatic rings. The van der Waals surface area contributed by atoms with Gasteiger partial charge in [0.15, 0.2) is 5.78 Å². The van der Waals surface area contributed by atoms with Crippen LogP contribution < -0.4 is 5.32 Å². The molecule has 8 nitrogen and oxygen atoms in total. The molecule has 0 fully saturated rings. The van der Waals surface area contributed by atoms with Crippen molar-refractivity contribution in [3.05, 3.63) is 35.6 Å². The van der Waals surface area contributed by atoms with Crippen molar-refractivity contribution in [2.45, 2.75) is 53.5 Å². The standard InChI is InChI=1S/C21H26N4O4/c1-14(17(4)26)12-22-15(2)16(3)25-21(28)20-11-19(23-13-24-20)9-7-6-8-10-29-18(5)27/h11-13,16H,6,8,10H2,1-5H3,(H,25,28)/b14-12+,22-15?. The van der Waals surface area contributed by atoms with Gasteiger partial charge in [-0.2, -0.15) is 0 Å². The number of carbonyl (C=O) groups is 3. The Kier molecular flexibility index (Phi) is 9.96. The number of allylic oxidation sites excluding steroid dienone is 1. The first-order valence-corrected chi connectivity index (χ1v) is 9.17. The summed E-state index contributed by atoms with van der Waals surface area (Å²) >= 11 is 0. The predicted molar refractivity (Wildman–Crippen MR) is 109 cm³/mol. The SMILES string of the molecule is CC(=O)OCCCC#Cc1cc(C(=O)NC(C)C(C)=N/C=C(\C)C(C)=O)ncn1. The zero-order valence-electron chi connectivity index (χ0n) is 17.4. The first kappa shape index (κ1) is 23.7.